The highest BCUT2D eigenvalue weighted by Crippen LogP contribution is 2.14. The molecule has 0 radical (unpaired) electrons. The summed E-state index contributed by atoms with van der Waals surface area (Å²) in [7, 11) is 0. The van der Waals surface area contributed by atoms with Gasteiger partial charge in [-0.2, -0.15) is 5.10 Å². The number of fused-ring (bicyclic) bond motifs is 1. The second-order valence-electron chi connectivity index (χ2n) is 3.58. The molecule has 1 aromatic carbocycles. The lowest BCUT2D eigenvalue weighted by Gasteiger charge is -2.01. The Labute approximate surface area is 97.8 Å². The van der Waals surface area contributed by atoms with Crippen LogP contribution in [0, 0.1) is 0 Å². The number of H-pyrrole nitrogens is 1. The molecule has 0 saturated carbocycles. The number of nitrogens with one attached hydrogen (secondary N) is 1. The molecule has 0 aliphatic carbocycles. The fourth-order valence-corrected chi connectivity index (χ4v) is 1.56. The van der Waals surface area contributed by atoms with Crippen LogP contribution >= 0.6 is 0 Å². The average Bonchev–Trinajstić information content (AvgIpc) is 2.75. The lowest BCUT2D eigenvalue weighted by atomic mass is 10.1. The normalized spacial score (nSPS) is 10.4. The Kier molecular flexibility index (Phi) is 3.18. The Morgan fingerprint density at radius 2 is 2.24 bits per heavy atom. The summed E-state index contributed by atoms with van der Waals surface area (Å²) in [5.74, 6) is -0.739. The molecule has 2 rings (SSSR count). The number of ether oxygens (including phenoxy) is 1. The number of nitrogens with zero attached hydrogens (tertiary/aromatic N) is 1. The summed E-state index contributed by atoms with van der Waals surface area (Å²) >= 11 is 0. The number of hydrogen-bond donors (Lipinski definition) is 1. The minimum Gasteiger partial charge on any atom is -0.466 e. The van der Waals surface area contributed by atoms with Crippen LogP contribution in [0.1, 0.15) is 23.7 Å². The maximum Gasteiger partial charge on any atom is 0.313 e. The van der Waals surface area contributed by atoms with Crippen LogP contribution in [0.15, 0.2) is 24.4 Å². The quantitative estimate of drug-likeness (QED) is 0.494. The number of carbonyl (C=O) groups excluding carboxylic acids is 2. The summed E-state index contributed by atoms with van der Waals surface area (Å²) in [5, 5.41) is 7.50. The number of hydrogen-bond acceptors (Lipinski definition) is 4. The van der Waals surface area contributed by atoms with Gasteiger partial charge in [0.1, 0.15) is 6.42 Å². The van der Waals surface area contributed by atoms with Gasteiger partial charge in [0.25, 0.3) is 0 Å². The van der Waals surface area contributed by atoms with Crippen LogP contribution in [0.3, 0.4) is 0 Å². The molecule has 1 heterocycles. The fraction of sp³-hybridized carbons (Fsp3) is 0.250. The van der Waals surface area contributed by atoms with E-state index in [9.17, 15) is 9.59 Å². The molecule has 0 fully saturated rings. The minimum atomic E-state index is -0.496. The second kappa shape index (κ2) is 4.78. The van der Waals surface area contributed by atoms with E-state index < -0.39 is 5.97 Å². The molecule has 0 atom stereocenters. The molecular formula is C12H12N2O3. The van der Waals surface area contributed by atoms with Gasteiger partial charge in [-0.05, 0) is 25.1 Å². The first-order chi connectivity index (χ1) is 8.20. The van der Waals surface area contributed by atoms with Gasteiger partial charge in [0.05, 0.1) is 18.3 Å². The van der Waals surface area contributed by atoms with Gasteiger partial charge in [0.15, 0.2) is 5.78 Å². The van der Waals surface area contributed by atoms with Crippen LogP contribution in [0.4, 0.5) is 0 Å². The molecule has 0 aliphatic heterocycles. The number of ketones is 1. The largest absolute Gasteiger partial charge is 0.466 e. The molecular weight excluding hydrogens is 220 g/mol. The van der Waals surface area contributed by atoms with Gasteiger partial charge in [0.2, 0.25) is 0 Å². The zero-order chi connectivity index (χ0) is 12.3. The monoisotopic (exact) mass is 232 g/mol. The van der Waals surface area contributed by atoms with E-state index >= 15 is 0 Å². The van der Waals surface area contributed by atoms with Gasteiger partial charge in [-0.25, -0.2) is 0 Å². The van der Waals surface area contributed by atoms with Crippen molar-refractivity contribution in [1.29, 1.82) is 0 Å². The van der Waals surface area contributed by atoms with Crippen molar-refractivity contribution in [2.45, 2.75) is 13.3 Å². The minimum absolute atomic E-state index is 0.225. The third-order valence-electron chi connectivity index (χ3n) is 2.37. The summed E-state index contributed by atoms with van der Waals surface area (Å²) in [6.45, 7) is 1.99. The number of carbonyl (C=O) groups is 2. The van der Waals surface area contributed by atoms with E-state index in [0.717, 1.165) is 10.9 Å². The Balaban J connectivity index is 2.15. The molecule has 5 heteroatoms. The van der Waals surface area contributed by atoms with Crippen LogP contribution in [-0.2, 0) is 9.53 Å². The number of rotatable bonds is 4. The molecule has 5 nitrogen and oxygen atoms in total. The molecule has 1 N–H and O–H groups in total. The molecule has 2 aromatic rings. The molecule has 88 valence electrons. The summed E-state index contributed by atoms with van der Waals surface area (Å²) < 4.78 is 4.73. The maximum absolute atomic E-state index is 11.8. The van der Waals surface area contributed by atoms with Crippen molar-refractivity contribution < 1.29 is 14.3 Å². The first kappa shape index (κ1) is 11.3. The van der Waals surface area contributed by atoms with E-state index in [1.54, 1.807) is 31.3 Å². The van der Waals surface area contributed by atoms with E-state index in [0.29, 0.717) is 5.56 Å². The molecule has 0 bridgehead atoms. The Morgan fingerprint density at radius 1 is 1.41 bits per heavy atom. The van der Waals surface area contributed by atoms with Gasteiger partial charge in [-0.1, -0.05) is 0 Å². The zero-order valence-electron chi connectivity index (χ0n) is 9.40. The zero-order valence-corrected chi connectivity index (χ0v) is 9.40. The summed E-state index contributed by atoms with van der Waals surface area (Å²) in [4.78, 5) is 22.9. The highest BCUT2D eigenvalue weighted by Gasteiger charge is 2.13. The standard InChI is InChI=1S/C12H12N2O3/c1-2-17-12(16)6-11(15)8-3-4-10-9(5-8)7-13-14-10/h3-5,7H,2,6H2,1H3,(H,13,14). The first-order valence-electron chi connectivity index (χ1n) is 5.32. The van der Waals surface area contributed by atoms with Gasteiger partial charge in [0, 0.05) is 10.9 Å². The van der Waals surface area contributed by atoms with Crippen molar-refractivity contribution in [3.63, 3.8) is 0 Å². The smallest absolute Gasteiger partial charge is 0.313 e. The summed E-state index contributed by atoms with van der Waals surface area (Å²) in [5.41, 5.74) is 1.35. The Bertz CT molecular complexity index is 560. The van der Waals surface area contributed by atoms with Crippen molar-refractivity contribution in [2.24, 2.45) is 0 Å². The second-order valence-corrected chi connectivity index (χ2v) is 3.58. The van der Waals surface area contributed by atoms with Crippen LogP contribution in [0.5, 0.6) is 0 Å². The SMILES string of the molecule is CCOC(=O)CC(=O)c1ccc2[nH]ncc2c1. The van der Waals surface area contributed by atoms with Crippen molar-refractivity contribution in [1.82, 2.24) is 10.2 Å². The number of esters is 1. The molecule has 17 heavy (non-hydrogen) atoms. The van der Waals surface area contributed by atoms with Gasteiger partial charge < -0.3 is 4.74 Å². The first-order valence-corrected chi connectivity index (χ1v) is 5.32. The molecule has 0 saturated heterocycles. The van der Waals surface area contributed by atoms with Crippen molar-refractivity contribution in [3.05, 3.63) is 30.0 Å². The summed E-state index contributed by atoms with van der Waals surface area (Å²) in [6, 6.07) is 5.14. The highest BCUT2D eigenvalue weighted by atomic mass is 16.5. The van der Waals surface area contributed by atoms with Crippen LogP contribution in [0.2, 0.25) is 0 Å². The highest BCUT2D eigenvalue weighted by molar-refractivity contribution is 6.07. The van der Waals surface area contributed by atoms with E-state index in [4.69, 9.17) is 4.74 Å². The molecule has 0 aliphatic rings. The number of benzene rings is 1. The molecule has 1 aromatic heterocycles. The topological polar surface area (TPSA) is 72.1 Å². The van der Waals surface area contributed by atoms with E-state index in [1.165, 1.54) is 0 Å². The van der Waals surface area contributed by atoms with Crippen molar-refractivity contribution >= 4 is 22.7 Å². The predicted molar refractivity (Wildman–Crippen MR) is 61.7 cm³/mol. The number of aromatic nitrogens is 2. The van der Waals surface area contributed by atoms with Crippen molar-refractivity contribution in [3.8, 4) is 0 Å². The number of Topliss-reactive ketones (excluding diaryl/α,β-unsaturated/α-hetero) is 1. The fourth-order valence-electron chi connectivity index (χ4n) is 1.56. The van der Waals surface area contributed by atoms with E-state index in [-0.39, 0.29) is 18.8 Å². The van der Waals surface area contributed by atoms with E-state index in [1.807, 2.05) is 0 Å². The van der Waals surface area contributed by atoms with Crippen LogP contribution < -0.4 is 0 Å². The Hall–Kier alpha value is -2.17. The van der Waals surface area contributed by atoms with Crippen LogP contribution in [-0.4, -0.2) is 28.6 Å². The predicted octanol–water partition coefficient (Wildman–Crippen LogP) is 1.70. The van der Waals surface area contributed by atoms with Crippen LogP contribution in [0.25, 0.3) is 10.9 Å². The molecule has 0 unspecified atom stereocenters. The van der Waals surface area contributed by atoms with Gasteiger partial charge in [-0.15, -0.1) is 0 Å². The van der Waals surface area contributed by atoms with E-state index in [2.05, 4.69) is 10.2 Å². The maximum atomic E-state index is 11.8. The number of aromatic amines is 1. The molecule has 0 spiro atoms. The van der Waals surface area contributed by atoms with Crippen molar-refractivity contribution in [2.75, 3.05) is 6.61 Å². The van der Waals surface area contributed by atoms with Gasteiger partial charge >= 0.3 is 5.97 Å². The van der Waals surface area contributed by atoms with Gasteiger partial charge in [-0.3, -0.25) is 14.7 Å². The Morgan fingerprint density at radius 3 is 3.00 bits per heavy atom. The lowest BCUT2D eigenvalue weighted by Crippen LogP contribution is -2.11. The molecule has 0 amide bonds. The average molecular weight is 232 g/mol. The third kappa shape index (κ3) is 2.50. The summed E-state index contributed by atoms with van der Waals surface area (Å²) in [6.07, 6.45) is 1.41. The lowest BCUT2D eigenvalue weighted by molar-refractivity contribution is -0.141. The third-order valence-corrected chi connectivity index (χ3v) is 2.37.